The SMILES string of the molecule is O=Cc1cc(OC(F)(F)F)cc(-c2ccccc2OCc2ccccc2)c1. The van der Waals surface area contributed by atoms with Gasteiger partial charge >= 0.3 is 6.36 Å². The van der Waals surface area contributed by atoms with Crippen LogP contribution in [-0.4, -0.2) is 12.6 Å². The van der Waals surface area contributed by atoms with Gasteiger partial charge in [-0.05, 0) is 35.4 Å². The molecule has 0 bridgehead atoms. The van der Waals surface area contributed by atoms with E-state index >= 15 is 0 Å². The lowest BCUT2D eigenvalue weighted by molar-refractivity contribution is -0.274. The molecule has 3 aromatic carbocycles. The molecular formula is C21H15F3O3. The van der Waals surface area contributed by atoms with Gasteiger partial charge in [0.05, 0.1) is 0 Å². The largest absolute Gasteiger partial charge is 0.573 e. The number of hydrogen-bond donors (Lipinski definition) is 0. The van der Waals surface area contributed by atoms with Crippen LogP contribution >= 0.6 is 0 Å². The normalized spacial score (nSPS) is 11.1. The Bertz CT molecular complexity index is 921. The Balaban J connectivity index is 1.94. The minimum absolute atomic E-state index is 0.0737. The fourth-order valence-corrected chi connectivity index (χ4v) is 2.60. The number of halogens is 3. The van der Waals surface area contributed by atoms with Gasteiger partial charge in [0.15, 0.2) is 0 Å². The van der Waals surface area contributed by atoms with Gasteiger partial charge in [-0.3, -0.25) is 4.79 Å². The maximum Gasteiger partial charge on any atom is 0.573 e. The molecule has 27 heavy (non-hydrogen) atoms. The summed E-state index contributed by atoms with van der Waals surface area (Å²) >= 11 is 0. The maximum absolute atomic E-state index is 12.6. The fourth-order valence-electron chi connectivity index (χ4n) is 2.60. The van der Waals surface area contributed by atoms with Gasteiger partial charge in [-0.1, -0.05) is 48.5 Å². The molecule has 0 saturated carbocycles. The summed E-state index contributed by atoms with van der Waals surface area (Å²) in [6, 6.07) is 20.2. The van der Waals surface area contributed by atoms with Crippen LogP contribution in [-0.2, 0) is 6.61 Å². The van der Waals surface area contributed by atoms with E-state index in [1.807, 2.05) is 30.3 Å². The van der Waals surface area contributed by atoms with Gasteiger partial charge in [0, 0.05) is 11.1 Å². The summed E-state index contributed by atoms with van der Waals surface area (Å²) in [6.45, 7) is 0.303. The molecule has 0 N–H and O–H groups in total. The van der Waals surface area contributed by atoms with Gasteiger partial charge in [-0.15, -0.1) is 13.2 Å². The van der Waals surface area contributed by atoms with Crippen molar-refractivity contribution in [1.29, 1.82) is 0 Å². The molecule has 0 aliphatic rings. The smallest absolute Gasteiger partial charge is 0.488 e. The first-order chi connectivity index (χ1) is 12.9. The number of alkyl halides is 3. The van der Waals surface area contributed by atoms with E-state index in [4.69, 9.17) is 4.74 Å². The molecule has 0 aromatic heterocycles. The second-order valence-corrected chi connectivity index (χ2v) is 5.73. The van der Waals surface area contributed by atoms with Crippen molar-refractivity contribution in [2.75, 3.05) is 0 Å². The zero-order chi connectivity index (χ0) is 19.3. The highest BCUT2D eigenvalue weighted by molar-refractivity contribution is 5.81. The Morgan fingerprint density at radius 3 is 2.30 bits per heavy atom. The maximum atomic E-state index is 12.6. The highest BCUT2D eigenvalue weighted by Crippen LogP contribution is 2.34. The topological polar surface area (TPSA) is 35.5 Å². The summed E-state index contributed by atoms with van der Waals surface area (Å²) in [7, 11) is 0. The molecule has 0 unspecified atom stereocenters. The number of carbonyl (C=O) groups excluding carboxylic acids is 1. The lowest BCUT2D eigenvalue weighted by atomic mass is 10.0. The van der Waals surface area contributed by atoms with E-state index < -0.39 is 12.1 Å². The lowest BCUT2D eigenvalue weighted by Gasteiger charge is -2.14. The third kappa shape index (κ3) is 5.10. The van der Waals surface area contributed by atoms with Crippen molar-refractivity contribution in [2.24, 2.45) is 0 Å². The number of rotatable bonds is 6. The first-order valence-corrected chi connectivity index (χ1v) is 8.07. The Hall–Kier alpha value is -3.28. The van der Waals surface area contributed by atoms with E-state index in [2.05, 4.69) is 4.74 Å². The van der Waals surface area contributed by atoms with Crippen molar-refractivity contribution in [3.05, 3.63) is 83.9 Å². The molecule has 3 nitrogen and oxygen atoms in total. The van der Waals surface area contributed by atoms with Crippen LogP contribution in [0.15, 0.2) is 72.8 Å². The number of ether oxygens (including phenoxy) is 2. The van der Waals surface area contributed by atoms with E-state index in [0.717, 1.165) is 11.6 Å². The molecule has 0 aliphatic carbocycles. The average molecular weight is 372 g/mol. The molecule has 0 amide bonds. The molecule has 3 rings (SSSR count). The predicted molar refractivity (Wildman–Crippen MR) is 94.7 cm³/mol. The molecule has 138 valence electrons. The van der Waals surface area contributed by atoms with Crippen molar-refractivity contribution in [3.8, 4) is 22.6 Å². The monoisotopic (exact) mass is 372 g/mol. The number of carbonyl (C=O) groups is 1. The molecule has 0 heterocycles. The van der Waals surface area contributed by atoms with Gasteiger partial charge in [0.1, 0.15) is 24.4 Å². The van der Waals surface area contributed by atoms with Crippen molar-refractivity contribution in [1.82, 2.24) is 0 Å². The minimum Gasteiger partial charge on any atom is -0.488 e. The highest BCUT2D eigenvalue weighted by Gasteiger charge is 2.31. The number of para-hydroxylation sites is 1. The van der Waals surface area contributed by atoms with Gasteiger partial charge in [-0.25, -0.2) is 0 Å². The average Bonchev–Trinajstić information content (AvgIpc) is 2.66. The number of benzene rings is 3. The molecule has 0 spiro atoms. The Morgan fingerprint density at radius 2 is 1.59 bits per heavy atom. The van der Waals surface area contributed by atoms with Crippen molar-refractivity contribution < 1.29 is 27.4 Å². The third-order valence-electron chi connectivity index (χ3n) is 3.73. The Morgan fingerprint density at radius 1 is 0.889 bits per heavy atom. The van der Waals surface area contributed by atoms with Crippen LogP contribution in [0.25, 0.3) is 11.1 Å². The zero-order valence-corrected chi connectivity index (χ0v) is 14.1. The summed E-state index contributed by atoms with van der Waals surface area (Å²) in [6.07, 6.45) is -4.37. The minimum atomic E-state index is -4.85. The molecule has 0 aliphatic heterocycles. The van der Waals surface area contributed by atoms with Crippen molar-refractivity contribution in [3.63, 3.8) is 0 Å². The van der Waals surface area contributed by atoms with Crippen LogP contribution in [0.3, 0.4) is 0 Å². The van der Waals surface area contributed by atoms with E-state index in [1.165, 1.54) is 12.1 Å². The molecule has 0 atom stereocenters. The van der Waals surface area contributed by atoms with Crippen LogP contribution in [0, 0.1) is 0 Å². The van der Waals surface area contributed by atoms with Crippen LogP contribution in [0.1, 0.15) is 15.9 Å². The lowest BCUT2D eigenvalue weighted by Crippen LogP contribution is -2.17. The molecule has 0 saturated heterocycles. The van der Waals surface area contributed by atoms with Crippen LogP contribution in [0.4, 0.5) is 13.2 Å². The second-order valence-electron chi connectivity index (χ2n) is 5.73. The summed E-state index contributed by atoms with van der Waals surface area (Å²) in [4.78, 5) is 11.1. The van der Waals surface area contributed by atoms with Gasteiger partial charge in [0.2, 0.25) is 0 Å². The molecule has 3 aromatic rings. The third-order valence-corrected chi connectivity index (χ3v) is 3.73. The van der Waals surface area contributed by atoms with Crippen LogP contribution in [0.5, 0.6) is 11.5 Å². The molecule has 6 heteroatoms. The van der Waals surface area contributed by atoms with Gasteiger partial charge < -0.3 is 9.47 Å². The van der Waals surface area contributed by atoms with E-state index in [9.17, 15) is 18.0 Å². The quantitative estimate of drug-likeness (QED) is 0.525. The Kier molecular flexibility index (Phi) is 5.45. The number of hydrogen-bond acceptors (Lipinski definition) is 3. The fraction of sp³-hybridized carbons (Fsp3) is 0.0952. The zero-order valence-electron chi connectivity index (χ0n) is 14.1. The first-order valence-electron chi connectivity index (χ1n) is 8.07. The summed E-state index contributed by atoms with van der Waals surface area (Å²) in [5, 5.41) is 0. The highest BCUT2D eigenvalue weighted by atomic mass is 19.4. The second kappa shape index (κ2) is 7.95. The molecule has 0 fully saturated rings. The first kappa shape index (κ1) is 18.5. The van der Waals surface area contributed by atoms with Crippen molar-refractivity contribution in [2.45, 2.75) is 13.0 Å². The van der Waals surface area contributed by atoms with Gasteiger partial charge in [0.25, 0.3) is 0 Å². The number of aldehydes is 1. The Labute approximate surface area is 154 Å². The van der Waals surface area contributed by atoms with Crippen molar-refractivity contribution >= 4 is 6.29 Å². The van der Waals surface area contributed by atoms with E-state index in [1.54, 1.807) is 24.3 Å². The van der Waals surface area contributed by atoms with E-state index in [0.29, 0.717) is 29.8 Å². The predicted octanol–water partition coefficient (Wildman–Crippen LogP) is 5.64. The summed E-state index contributed by atoms with van der Waals surface area (Å²) in [5.41, 5.74) is 1.98. The molecular weight excluding hydrogens is 357 g/mol. The van der Waals surface area contributed by atoms with E-state index in [-0.39, 0.29) is 5.56 Å². The van der Waals surface area contributed by atoms with Crippen LogP contribution < -0.4 is 9.47 Å². The summed E-state index contributed by atoms with van der Waals surface area (Å²) in [5.74, 6) is 0.0299. The van der Waals surface area contributed by atoms with Crippen LogP contribution in [0.2, 0.25) is 0 Å². The van der Waals surface area contributed by atoms with Gasteiger partial charge in [-0.2, -0.15) is 0 Å². The standard InChI is InChI=1S/C21H15F3O3/c22-21(23,24)27-18-11-16(13-25)10-17(12-18)19-8-4-5-9-20(19)26-14-15-6-2-1-3-7-15/h1-13H,14H2. The molecule has 0 radical (unpaired) electrons. The summed E-state index contributed by atoms with van der Waals surface area (Å²) < 4.78 is 47.5.